The Kier molecular flexibility index (Phi) is 25.4. The number of methoxy groups -OCH3 is 3. The molecule has 73 heavy (non-hydrogen) atoms. The Hall–Kier alpha value is -1.45. The van der Waals surface area contributed by atoms with Crippen LogP contribution in [0.3, 0.4) is 0 Å². The van der Waals surface area contributed by atoms with Crippen LogP contribution in [0.5, 0.6) is 0 Å². The van der Waals surface area contributed by atoms with Gasteiger partial charge < -0.3 is 47.6 Å². The lowest BCUT2D eigenvalue weighted by molar-refractivity contribution is -0.302. The zero-order valence-corrected chi connectivity index (χ0v) is 51.2. The molecule has 0 aromatic rings. The number of nitrogens with zero attached hydrogens (tertiary/aromatic N) is 1. The Labute approximate surface area is 449 Å². The Morgan fingerprint density at radius 1 is 0.795 bits per heavy atom. The standard InChI is InChI=1S/C57H103NO12SSi2/c1-17-44-31-38(8)30-39(9)32-48(65-14)52-49(66-15)34-41(11)57(63,68-52)53(59)54(60)58-29-25-24-26-45(58)55(61)67-51(42(12)50(36-56(44,62)37-71-16)70-73(21-5,22-6)23-7)40(10)33-43-27-28-46(47(35-43)64-13)69-72(18-2,19-3)20-4/h31,33,39,41-52,62-63H,17-30,32,34-37H2,1-16H3. The highest BCUT2D eigenvalue weighted by Crippen LogP contribution is 2.43. The van der Waals surface area contributed by atoms with Gasteiger partial charge in [-0.05, 0) is 138 Å². The number of piperidine rings is 1. The maximum Gasteiger partial charge on any atom is 0.329 e. The number of ketones is 1. The van der Waals surface area contributed by atoms with Crippen molar-refractivity contribution in [2.75, 3.05) is 39.9 Å². The molecule has 13 nitrogen and oxygen atoms in total. The molecule has 2 bridgehead atoms. The van der Waals surface area contributed by atoms with Crippen LogP contribution in [0.15, 0.2) is 23.3 Å². The topological polar surface area (TPSA) is 160 Å². The number of allylic oxidation sites excluding steroid dienone is 2. The highest BCUT2D eigenvalue weighted by Gasteiger charge is 2.57. The zero-order valence-electron chi connectivity index (χ0n) is 48.4. The minimum absolute atomic E-state index is 0.0215. The van der Waals surface area contributed by atoms with Crippen LogP contribution >= 0.6 is 11.8 Å². The van der Waals surface area contributed by atoms with Crippen LogP contribution in [0, 0.1) is 29.6 Å². The first kappa shape index (κ1) is 64.1. The molecule has 0 aromatic heterocycles. The van der Waals surface area contributed by atoms with E-state index in [-0.39, 0.29) is 42.9 Å². The minimum Gasteiger partial charge on any atom is -0.456 e. The number of carbonyl (C=O) groups is 3. The van der Waals surface area contributed by atoms with Gasteiger partial charge in [-0.3, -0.25) is 9.59 Å². The van der Waals surface area contributed by atoms with E-state index < -0.39 is 94.1 Å². The highest BCUT2D eigenvalue weighted by molar-refractivity contribution is 7.98. The van der Waals surface area contributed by atoms with Gasteiger partial charge in [-0.15, -0.1) is 0 Å². The third kappa shape index (κ3) is 15.4. The average Bonchev–Trinajstić information content (AvgIpc) is 3.39. The third-order valence-corrected chi connectivity index (χ3v) is 28.5. The summed E-state index contributed by atoms with van der Waals surface area (Å²) in [7, 11) is 0.686. The molecule has 2 N–H and O–H groups in total. The van der Waals surface area contributed by atoms with Gasteiger partial charge in [-0.2, -0.15) is 11.8 Å². The van der Waals surface area contributed by atoms with Gasteiger partial charge in [0, 0.05) is 57.8 Å². The fourth-order valence-electron chi connectivity index (χ4n) is 13.1. The second kappa shape index (κ2) is 29.0. The van der Waals surface area contributed by atoms with Crippen molar-refractivity contribution in [1.29, 1.82) is 0 Å². The second-order valence-electron chi connectivity index (χ2n) is 22.9. The maximum atomic E-state index is 15.2. The number of thioether (sulfide) groups is 1. The normalized spacial score (nSPS) is 36.5. The van der Waals surface area contributed by atoms with Crippen LogP contribution in [0.4, 0.5) is 0 Å². The number of hydrogen-bond donors (Lipinski definition) is 2. The molecule has 422 valence electrons. The number of esters is 1. The van der Waals surface area contributed by atoms with E-state index in [0.717, 1.165) is 66.7 Å². The molecule has 4 aliphatic rings. The molecule has 4 rings (SSSR count). The predicted molar refractivity (Wildman–Crippen MR) is 299 cm³/mol. The SMILES string of the molecule is CCC1C=C(C)CC(C)CC(OC)C2OC(O)(C(=O)C(=O)N3CCCCC3C(=O)OC(C(C)=CC3CCC(O[Si](CC)(CC)CC)C(OC)C3)C(C)C(O[Si](CC)(CC)CC)CC1(O)CSC)C(C)CC2OC. The summed E-state index contributed by atoms with van der Waals surface area (Å²) in [6.45, 7) is 25.8. The maximum absolute atomic E-state index is 15.2. The predicted octanol–water partition coefficient (Wildman–Crippen LogP) is 11.1. The second-order valence-corrected chi connectivity index (χ2v) is 33.2. The Bertz CT molecular complexity index is 1800. The van der Waals surface area contributed by atoms with Crippen molar-refractivity contribution in [2.45, 2.75) is 250 Å². The molecular weight excluding hydrogens is 979 g/mol. The molecule has 3 aliphatic heterocycles. The van der Waals surface area contributed by atoms with E-state index in [9.17, 15) is 19.8 Å². The van der Waals surface area contributed by atoms with Gasteiger partial charge in [0.25, 0.3) is 11.7 Å². The van der Waals surface area contributed by atoms with E-state index in [4.69, 9.17) is 32.5 Å². The van der Waals surface area contributed by atoms with Crippen LogP contribution in [0.2, 0.25) is 36.3 Å². The summed E-state index contributed by atoms with van der Waals surface area (Å²) < 4.78 is 46.2. The summed E-state index contributed by atoms with van der Waals surface area (Å²) in [6, 6.07) is 4.82. The van der Waals surface area contributed by atoms with Crippen LogP contribution < -0.4 is 0 Å². The largest absolute Gasteiger partial charge is 0.456 e. The average molecular weight is 1080 g/mol. The molecule has 3 fully saturated rings. The van der Waals surface area contributed by atoms with Gasteiger partial charge in [0.15, 0.2) is 16.6 Å². The van der Waals surface area contributed by atoms with Gasteiger partial charge in [0.2, 0.25) is 5.79 Å². The van der Waals surface area contributed by atoms with Crippen molar-refractivity contribution in [3.05, 3.63) is 23.3 Å². The van der Waals surface area contributed by atoms with E-state index in [0.29, 0.717) is 50.7 Å². The Morgan fingerprint density at radius 2 is 1.37 bits per heavy atom. The summed E-state index contributed by atoms with van der Waals surface area (Å²) in [4.78, 5) is 45.9. The highest BCUT2D eigenvalue weighted by atomic mass is 32.2. The van der Waals surface area contributed by atoms with E-state index in [1.165, 1.54) is 4.90 Å². The molecule has 2 saturated heterocycles. The Morgan fingerprint density at radius 3 is 1.92 bits per heavy atom. The quantitative estimate of drug-likeness (QED) is 0.0578. The van der Waals surface area contributed by atoms with Crippen molar-refractivity contribution in [3.63, 3.8) is 0 Å². The number of rotatable bonds is 18. The first-order chi connectivity index (χ1) is 34.6. The Balaban J connectivity index is 1.94. The van der Waals surface area contributed by atoms with E-state index >= 15 is 4.79 Å². The van der Waals surface area contributed by atoms with Crippen LogP contribution in [0.1, 0.15) is 154 Å². The monoisotopic (exact) mass is 1080 g/mol. The lowest BCUT2D eigenvalue weighted by Gasteiger charge is -2.47. The molecule has 0 radical (unpaired) electrons. The van der Waals surface area contributed by atoms with E-state index in [1.54, 1.807) is 40.0 Å². The molecule has 15 unspecified atom stereocenters. The number of aliphatic hydroxyl groups is 2. The molecule has 0 spiro atoms. The molecule has 0 aromatic carbocycles. The van der Waals surface area contributed by atoms with Crippen molar-refractivity contribution in [2.24, 2.45) is 29.6 Å². The molecule has 1 aliphatic carbocycles. The van der Waals surface area contributed by atoms with Gasteiger partial charge in [-0.1, -0.05) is 87.0 Å². The lowest BCUT2D eigenvalue weighted by Crippen LogP contribution is -2.64. The first-order valence-electron chi connectivity index (χ1n) is 28.6. The lowest BCUT2D eigenvalue weighted by atomic mass is 9.77. The van der Waals surface area contributed by atoms with Crippen LogP contribution in [-0.2, 0) is 46.9 Å². The van der Waals surface area contributed by atoms with Crippen molar-refractivity contribution >= 4 is 46.1 Å². The fourth-order valence-corrected chi connectivity index (χ4v) is 19.7. The summed E-state index contributed by atoms with van der Waals surface area (Å²) in [5.74, 6) is -5.93. The summed E-state index contributed by atoms with van der Waals surface area (Å²) in [5.41, 5.74) is 0.830. The van der Waals surface area contributed by atoms with Gasteiger partial charge in [0.1, 0.15) is 18.2 Å². The number of carbonyl (C=O) groups excluding carboxylic acids is 3. The molecule has 16 heteroatoms. The third-order valence-electron chi connectivity index (χ3n) is 18.3. The van der Waals surface area contributed by atoms with Crippen molar-refractivity contribution < 1.29 is 57.1 Å². The molecule has 3 heterocycles. The summed E-state index contributed by atoms with van der Waals surface area (Å²) in [6.07, 6.45) is 9.74. The molecule has 1 saturated carbocycles. The van der Waals surface area contributed by atoms with Crippen molar-refractivity contribution in [1.82, 2.24) is 4.90 Å². The number of ether oxygens (including phenoxy) is 5. The zero-order chi connectivity index (χ0) is 54.5. The summed E-state index contributed by atoms with van der Waals surface area (Å²) >= 11 is 1.63. The van der Waals surface area contributed by atoms with Gasteiger partial charge in [-0.25, -0.2) is 4.79 Å². The number of amides is 1. The van der Waals surface area contributed by atoms with E-state index in [2.05, 4.69) is 81.4 Å². The minimum atomic E-state index is -2.49. The fraction of sp³-hybridized carbons (Fsp3) is 0.877. The molecule has 1 amide bonds. The first-order valence-corrected chi connectivity index (χ1v) is 35.0. The summed E-state index contributed by atoms with van der Waals surface area (Å²) in [5, 5.41) is 25.7. The smallest absolute Gasteiger partial charge is 0.329 e. The van der Waals surface area contributed by atoms with Crippen molar-refractivity contribution in [3.8, 4) is 0 Å². The van der Waals surface area contributed by atoms with Crippen LogP contribution in [-0.4, -0.2) is 149 Å². The number of cyclic esters (lactones) is 1. The van der Waals surface area contributed by atoms with Gasteiger partial charge >= 0.3 is 5.97 Å². The number of Topliss-reactive ketones (excluding diaryl/α,β-unsaturated/α-hetero) is 1. The molecular formula is C57H103NO12SSi2. The van der Waals surface area contributed by atoms with Crippen LogP contribution in [0.25, 0.3) is 0 Å². The molecule has 15 atom stereocenters. The number of hydrogen-bond acceptors (Lipinski definition) is 13. The van der Waals surface area contributed by atoms with Gasteiger partial charge in [0.05, 0.1) is 36.1 Å². The van der Waals surface area contributed by atoms with E-state index in [1.807, 2.05) is 13.2 Å². The number of fused-ring (bicyclic) bond motifs is 3.